The molecule has 1 heterocycles. The second-order valence-corrected chi connectivity index (χ2v) is 9.54. The fourth-order valence-corrected chi connectivity index (χ4v) is 4.53. The lowest BCUT2D eigenvalue weighted by Gasteiger charge is -2.10. The number of hydrogen-bond acceptors (Lipinski definition) is 5. The van der Waals surface area contributed by atoms with Crippen LogP contribution < -0.4 is 14.9 Å². The van der Waals surface area contributed by atoms with Crippen molar-refractivity contribution in [1.29, 1.82) is 0 Å². The van der Waals surface area contributed by atoms with E-state index < -0.39 is 5.97 Å². The topological polar surface area (TPSA) is 92.8 Å². The van der Waals surface area contributed by atoms with Gasteiger partial charge in [-0.25, -0.2) is 10.2 Å². The van der Waals surface area contributed by atoms with E-state index in [1.807, 2.05) is 54.6 Å². The minimum atomic E-state index is -0.486. The standard InChI is InChI=1S/C30H22IN3O4/c1-37-26-16-19(12-15-25(26)38-30(36)21-10-6-3-7-11-21)18-32-34-29(35)28-27(20-8-4-2-5-9-20)23-17-22(31)13-14-24(23)33-28/h2-18,33H,1H3,(H,34,35). The number of nitrogens with one attached hydrogen (secondary N) is 2. The molecule has 0 fully saturated rings. The number of H-pyrrole nitrogens is 1. The van der Waals surface area contributed by atoms with Gasteiger partial charge in [-0.05, 0) is 82.2 Å². The van der Waals surface area contributed by atoms with Crippen LogP contribution >= 0.6 is 22.6 Å². The molecule has 5 aromatic rings. The molecule has 0 aliphatic carbocycles. The highest BCUT2D eigenvalue weighted by molar-refractivity contribution is 14.1. The zero-order valence-electron chi connectivity index (χ0n) is 20.3. The van der Waals surface area contributed by atoms with Gasteiger partial charge in [0.2, 0.25) is 0 Å². The second-order valence-electron chi connectivity index (χ2n) is 8.30. The Labute approximate surface area is 232 Å². The molecule has 38 heavy (non-hydrogen) atoms. The molecule has 0 atom stereocenters. The normalized spacial score (nSPS) is 11.0. The van der Waals surface area contributed by atoms with Crippen molar-refractivity contribution in [3.63, 3.8) is 0 Å². The fraction of sp³-hybridized carbons (Fsp3) is 0.0333. The molecule has 1 amide bonds. The van der Waals surface area contributed by atoms with E-state index in [4.69, 9.17) is 9.47 Å². The zero-order chi connectivity index (χ0) is 26.5. The van der Waals surface area contributed by atoms with Crippen molar-refractivity contribution in [2.75, 3.05) is 7.11 Å². The number of carbonyl (C=O) groups is 2. The van der Waals surface area contributed by atoms with Crippen LogP contribution in [0.4, 0.5) is 0 Å². The number of methoxy groups -OCH3 is 1. The average molecular weight is 615 g/mol. The monoisotopic (exact) mass is 615 g/mol. The van der Waals surface area contributed by atoms with Crippen LogP contribution in [0, 0.1) is 3.57 Å². The number of aromatic amines is 1. The molecule has 0 spiro atoms. The maximum absolute atomic E-state index is 13.2. The lowest BCUT2D eigenvalue weighted by Crippen LogP contribution is -2.18. The molecule has 2 N–H and O–H groups in total. The first kappa shape index (κ1) is 25.2. The molecule has 0 radical (unpaired) electrons. The van der Waals surface area contributed by atoms with Gasteiger partial charge in [0, 0.05) is 20.0 Å². The molecular formula is C30H22IN3O4. The van der Waals surface area contributed by atoms with Crippen LogP contribution in [-0.2, 0) is 0 Å². The van der Waals surface area contributed by atoms with Crippen LogP contribution in [0.3, 0.4) is 0 Å². The molecule has 7 nitrogen and oxygen atoms in total. The third-order valence-corrected chi connectivity index (χ3v) is 6.50. The molecule has 1 aromatic heterocycles. The van der Waals surface area contributed by atoms with Crippen LogP contribution in [0.15, 0.2) is 102 Å². The van der Waals surface area contributed by atoms with Crippen LogP contribution in [0.1, 0.15) is 26.4 Å². The number of ether oxygens (including phenoxy) is 2. The van der Waals surface area contributed by atoms with Crippen molar-refractivity contribution in [2.45, 2.75) is 0 Å². The number of halogens is 1. The number of hydrazone groups is 1. The van der Waals surface area contributed by atoms with E-state index >= 15 is 0 Å². The van der Waals surface area contributed by atoms with E-state index in [0.717, 1.165) is 25.6 Å². The summed E-state index contributed by atoms with van der Waals surface area (Å²) in [5, 5.41) is 5.11. The summed E-state index contributed by atoms with van der Waals surface area (Å²) < 4.78 is 12.0. The van der Waals surface area contributed by atoms with E-state index in [9.17, 15) is 9.59 Å². The van der Waals surface area contributed by atoms with E-state index in [2.05, 4.69) is 38.1 Å². The maximum atomic E-state index is 13.2. The van der Waals surface area contributed by atoms with Gasteiger partial charge in [0.1, 0.15) is 5.69 Å². The summed E-state index contributed by atoms with van der Waals surface area (Å²) in [6, 6.07) is 29.5. The van der Waals surface area contributed by atoms with E-state index in [1.54, 1.807) is 42.5 Å². The first-order valence-corrected chi connectivity index (χ1v) is 12.8. The molecule has 188 valence electrons. The van der Waals surface area contributed by atoms with Crippen LogP contribution in [0.25, 0.3) is 22.0 Å². The number of amides is 1. The van der Waals surface area contributed by atoms with E-state index in [0.29, 0.717) is 22.6 Å². The summed E-state index contributed by atoms with van der Waals surface area (Å²) in [7, 11) is 1.49. The highest BCUT2D eigenvalue weighted by Crippen LogP contribution is 2.33. The van der Waals surface area contributed by atoms with Gasteiger partial charge in [0.15, 0.2) is 11.5 Å². The Kier molecular flexibility index (Phi) is 7.50. The van der Waals surface area contributed by atoms with Crippen molar-refractivity contribution in [3.05, 3.63) is 117 Å². The van der Waals surface area contributed by atoms with Gasteiger partial charge in [-0.3, -0.25) is 4.79 Å². The van der Waals surface area contributed by atoms with Crippen LogP contribution in [0.5, 0.6) is 11.5 Å². The number of benzene rings is 4. The predicted octanol–water partition coefficient (Wildman–Crippen LogP) is 6.43. The largest absolute Gasteiger partial charge is 0.493 e. The molecular weight excluding hydrogens is 593 g/mol. The summed E-state index contributed by atoms with van der Waals surface area (Å²) in [6.45, 7) is 0. The number of hydrogen-bond donors (Lipinski definition) is 2. The molecule has 5 rings (SSSR count). The Bertz CT molecular complexity index is 1650. The molecule has 0 saturated heterocycles. The Hall–Kier alpha value is -4.44. The highest BCUT2D eigenvalue weighted by Gasteiger charge is 2.19. The third kappa shape index (κ3) is 5.45. The van der Waals surface area contributed by atoms with E-state index in [-0.39, 0.29) is 11.7 Å². The Morgan fingerprint density at radius 3 is 2.37 bits per heavy atom. The van der Waals surface area contributed by atoms with Gasteiger partial charge in [0.05, 0.1) is 18.9 Å². The maximum Gasteiger partial charge on any atom is 0.343 e. The Morgan fingerprint density at radius 2 is 1.63 bits per heavy atom. The second kappa shape index (κ2) is 11.3. The molecule has 8 heteroatoms. The molecule has 0 saturated carbocycles. The number of nitrogens with zero attached hydrogens (tertiary/aromatic N) is 1. The number of rotatable bonds is 7. The molecule has 0 unspecified atom stereocenters. The van der Waals surface area contributed by atoms with Crippen molar-refractivity contribution in [1.82, 2.24) is 10.4 Å². The van der Waals surface area contributed by atoms with Crippen molar-refractivity contribution >= 4 is 51.6 Å². The van der Waals surface area contributed by atoms with Gasteiger partial charge < -0.3 is 14.5 Å². The predicted molar refractivity (Wildman–Crippen MR) is 156 cm³/mol. The Morgan fingerprint density at radius 1 is 0.895 bits per heavy atom. The van der Waals surface area contributed by atoms with Gasteiger partial charge in [-0.2, -0.15) is 5.10 Å². The molecule has 0 aliphatic heterocycles. The number of carbonyl (C=O) groups excluding carboxylic acids is 2. The first-order chi connectivity index (χ1) is 18.5. The molecule has 0 aliphatic rings. The fourth-order valence-electron chi connectivity index (χ4n) is 4.04. The summed E-state index contributed by atoms with van der Waals surface area (Å²) in [4.78, 5) is 28.8. The summed E-state index contributed by atoms with van der Waals surface area (Å²) in [6.07, 6.45) is 1.50. The smallest absolute Gasteiger partial charge is 0.343 e. The third-order valence-electron chi connectivity index (χ3n) is 5.83. The number of aromatic nitrogens is 1. The minimum absolute atomic E-state index is 0.280. The summed E-state index contributed by atoms with van der Waals surface area (Å²) in [5.41, 5.74) is 6.73. The number of fused-ring (bicyclic) bond motifs is 1. The molecule has 4 aromatic carbocycles. The molecule has 0 bridgehead atoms. The van der Waals surface area contributed by atoms with Gasteiger partial charge in [-0.1, -0.05) is 48.5 Å². The van der Waals surface area contributed by atoms with Gasteiger partial charge >= 0.3 is 5.97 Å². The van der Waals surface area contributed by atoms with Gasteiger partial charge in [0.25, 0.3) is 5.91 Å². The van der Waals surface area contributed by atoms with Crippen molar-refractivity contribution in [3.8, 4) is 22.6 Å². The van der Waals surface area contributed by atoms with Crippen molar-refractivity contribution in [2.24, 2.45) is 5.10 Å². The lowest BCUT2D eigenvalue weighted by molar-refractivity contribution is 0.0729. The minimum Gasteiger partial charge on any atom is -0.493 e. The summed E-state index contributed by atoms with van der Waals surface area (Å²) >= 11 is 2.26. The van der Waals surface area contributed by atoms with Crippen molar-refractivity contribution < 1.29 is 19.1 Å². The zero-order valence-corrected chi connectivity index (χ0v) is 22.4. The van der Waals surface area contributed by atoms with Gasteiger partial charge in [-0.15, -0.1) is 0 Å². The average Bonchev–Trinajstić information content (AvgIpc) is 3.33. The SMILES string of the molecule is COc1cc(C=NNC(=O)c2[nH]c3ccc(I)cc3c2-c2ccccc2)ccc1OC(=O)c1ccccc1. The van der Waals surface area contributed by atoms with Crippen LogP contribution in [0.2, 0.25) is 0 Å². The quantitative estimate of drug-likeness (QED) is 0.0726. The first-order valence-electron chi connectivity index (χ1n) is 11.7. The number of esters is 1. The van der Waals surface area contributed by atoms with E-state index in [1.165, 1.54) is 13.3 Å². The highest BCUT2D eigenvalue weighted by atomic mass is 127. The van der Waals surface area contributed by atoms with Crippen LogP contribution in [-0.4, -0.2) is 30.2 Å². The Balaban J connectivity index is 1.35. The summed E-state index contributed by atoms with van der Waals surface area (Å²) in [5.74, 6) is -0.213. The lowest BCUT2D eigenvalue weighted by atomic mass is 10.0.